The number of benzene rings is 1. The number of amides is 4. The fourth-order valence-electron chi connectivity index (χ4n) is 3.39. The Balaban J connectivity index is 1.47. The van der Waals surface area contributed by atoms with Crippen LogP contribution in [-0.2, 0) is 10.2 Å². The van der Waals surface area contributed by atoms with E-state index in [-0.39, 0.29) is 17.9 Å². The van der Waals surface area contributed by atoms with Crippen molar-refractivity contribution in [1.82, 2.24) is 15.2 Å². The monoisotopic (exact) mass is 493 g/mol. The van der Waals surface area contributed by atoms with Crippen molar-refractivity contribution in [2.75, 3.05) is 30.3 Å². The fraction of sp³-hybridized carbons (Fsp3) is 0.280. The molecule has 0 radical (unpaired) electrons. The maximum atomic E-state index is 13.2. The summed E-state index contributed by atoms with van der Waals surface area (Å²) in [5.41, 5.74) is 0.709. The molecule has 3 aromatic rings. The van der Waals surface area contributed by atoms with Gasteiger partial charge in [0.25, 0.3) is 5.91 Å². The Hall–Kier alpha value is -3.76. The Kier molecular flexibility index (Phi) is 7.13. The van der Waals surface area contributed by atoms with Gasteiger partial charge < -0.3 is 20.7 Å². The normalized spacial score (nSPS) is 13.9. The maximum absolute atomic E-state index is 13.2. The number of pyridine rings is 1. The van der Waals surface area contributed by atoms with Gasteiger partial charge in [-0.15, -0.1) is 11.3 Å². The third-order valence-corrected chi connectivity index (χ3v) is 6.79. The van der Waals surface area contributed by atoms with Crippen LogP contribution in [0.1, 0.15) is 35.3 Å². The summed E-state index contributed by atoms with van der Waals surface area (Å²) in [4.78, 5) is 44.7. The minimum atomic E-state index is -0.494. The van der Waals surface area contributed by atoms with Crippen molar-refractivity contribution in [2.45, 2.75) is 26.2 Å². The van der Waals surface area contributed by atoms with Gasteiger partial charge in [-0.25, -0.2) is 4.79 Å². The van der Waals surface area contributed by atoms with Gasteiger partial charge in [-0.2, -0.15) is 0 Å². The highest BCUT2D eigenvalue weighted by Crippen LogP contribution is 2.36. The van der Waals surface area contributed by atoms with Gasteiger partial charge in [0.2, 0.25) is 5.91 Å². The third-order valence-electron chi connectivity index (χ3n) is 5.25. The molecule has 0 aliphatic carbocycles. The molecule has 35 heavy (non-hydrogen) atoms. The average Bonchev–Trinajstić information content (AvgIpc) is 3.25. The minimum absolute atomic E-state index is 0.118. The lowest BCUT2D eigenvalue weighted by Gasteiger charge is -2.25. The predicted molar refractivity (Wildman–Crippen MR) is 135 cm³/mol. The molecule has 10 heteroatoms. The zero-order chi connectivity index (χ0) is 25.0. The predicted octanol–water partition coefficient (Wildman–Crippen LogP) is 4.45. The van der Waals surface area contributed by atoms with E-state index in [4.69, 9.17) is 4.74 Å². The van der Waals surface area contributed by atoms with Crippen molar-refractivity contribution in [1.29, 1.82) is 0 Å². The summed E-state index contributed by atoms with van der Waals surface area (Å²) in [6.45, 7) is 7.04. The molecule has 3 heterocycles. The molecule has 1 saturated heterocycles. The standard InChI is InChI=1S/C25H27N5O4S/c1-25(2,3)20-14-19(22(35-20)23(32)30-13-12-27-15-21(30)31)29-24(33)28-16-4-6-17(7-5-16)34-18-8-10-26-11-9-18/h4-11,14,27H,12-13,15H2,1-3H3,(H2,28,29,33). The van der Waals surface area contributed by atoms with Gasteiger partial charge in [0.1, 0.15) is 16.4 Å². The molecule has 9 nitrogen and oxygen atoms in total. The number of thiophene rings is 1. The molecule has 182 valence electrons. The largest absolute Gasteiger partial charge is 0.457 e. The zero-order valence-electron chi connectivity index (χ0n) is 19.8. The number of nitrogens with zero attached hydrogens (tertiary/aromatic N) is 2. The number of nitrogens with one attached hydrogen (secondary N) is 3. The molecule has 0 atom stereocenters. The molecule has 0 spiro atoms. The lowest BCUT2D eigenvalue weighted by Crippen LogP contribution is -2.50. The van der Waals surface area contributed by atoms with Crippen LogP contribution in [0.4, 0.5) is 16.2 Å². The lowest BCUT2D eigenvalue weighted by atomic mass is 9.94. The summed E-state index contributed by atoms with van der Waals surface area (Å²) >= 11 is 1.29. The molecule has 0 bridgehead atoms. The topological polar surface area (TPSA) is 113 Å². The second-order valence-corrected chi connectivity index (χ2v) is 10.1. The first-order valence-electron chi connectivity index (χ1n) is 11.2. The molecule has 1 aromatic carbocycles. The molecule has 0 saturated carbocycles. The van der Waals surface area contributed by atoms with Crippen molar-refractivity contribution >= 4 is 40.6 Å². The lowest BCUT2D eigenvalue weighted by molar-refractivity contribution is -0.129. The van der Waals surface area contributed by atoms with E-state index in [0.717, 1.165) is 4.88 Å². The fourth-order valence-corrected chi connectivity index (χ4v) is 4.51. The Bertz CT molecular complexity index is 1220. The summed E-state index contributed by atoms with van der Waals surface area (Å²) in [6.07, 6.45) is 3.28. The van der Waals surface area contributed by atoms with Crippen LogP contribution < -0.4 is 20.7 Å². The van der Waals surface area contributed by atoms with E-state index in [2.05, 4.69) is 20.9 Å². The number of hydrogen-bond acceptors (Lipinski definition) is 7. The summed E-state index contributed by atoms with van der Waals surface area (Å²) < 4.78 is 5.74. The Labute approximate surface area is 207 Å². The number of anilines is 2. The van der Waals surface area contributed by atoms with Crippen molar-refractivity contribution < 1.29 is 19.1 Å². The van der Waals surface area contributed by atoms with Crippen molar-refractivity contribution in [3.8, 4) is 11.5 Å². The highest BCUT2D eigenvalue weighted by molar-refractivity contribution is 7.14. The van der Waals surface area contributed by atoms with E-state index in [1.807, 2.05) is 20.8 Å². The first-order chi connectivity index (χ1) is 16.7. The van der Waals surface area contributed by atoms with Crippen LogP contribution >= 0.6 is 11.3 Å². The first kappa shape index (κ1) is 24.4. The van der Waals surface area contributed by atoms with Crippen LogP contribution in [0.5, 0.6) is 11.5 Å². The molecule has 1 fully saturated rings. The van der Waals surface area contributed by atoms with E-state index in [0.29, 0.717) is 40.8 Å². The van der Waals surface area contributed by atoms with Crippen LogP contribution in [0.2, 0.25) is 0 Å². The van der Waals surface area contributed by atoms with Gasteiger partial charge in [-0.05, 0) is 47.9 Å². The van der Waals surface area contributed by atoms with Crippen molar-refractivity contribution in [3.63, 3.8) is 0 Å². The SMILES string of the molecule is CC(C)(C)c1cc(NC(=O)Nc2ccc(Oc3ccncc3)cc2)c(C(=O)N2CCNCC2=O)s1. The first-order valence-corrected chi connectivity index (χ1v) is 12.0. The number of rotatable bonds is 5. The molecule has 0 unspecified atom stereocenters. The van der Waals surface area contributed by atoms with Crippen LogP contribution in [0.25, 0.3) is 0 Å². The Morgan fingerprint density at radius 1 is 1.06 bits per heavy atom. The number of urea groups is 1. The van der Waals surface area contributed by atoms with Crippen LogP contribution in [-0.4, -0.2) is 47.4 Å². The van der Waals surface area contributed by atoms with Gasteiger partial charge >= 0.3 is 6.03 Å². The van der Waals surface area contributed by atoms with Gasteiger partial charge in [0.15, 0.2) is 0 Å². The summed E-state index contributed by atoms with van der Waals surface area (Å²) in [7, 11) is 0. The number of imide groups is 1. The highest BCUT2D eigenvalue weighted by atomic mass is 32.1. The van der Waals surface area contributed by atoms with Gasteiger partial charge in [0.05, 0.1) is 12.2 Å². The molecule has 4 rings (SSSR count). The molecule has 1 aliphatic rings. The molecular formula is C25H27N5O4S. The smallest absolute Gasteiger partial charge is 0.323 e. The number of aromatic nitrogens is 1. The second-order valence-electron chi connectivity index (χ2n) is 9.02. The average molecular weight is 494 g/mol. The molecule has 1 aliphatic heterocycles. The summed E-state index contributed by atoms with van der Waals surface area (Å²) in [5.74, 6) is 0.593. The van der Waals surface area contributed by atoms with Gasteiger partial charge in [-0.1, -0.05) is 20.8 Å². The van der Waals surface area contributed by atoms with Gasteiger partial charge in [-0.3, -0.25) is 19.5 Å². The maximum Gasteiger partial charge on any atom is 0.323 e. The number of ether oxygens (including phenoxy) is 1. The Morgan fingerprint density at radius 2 is 1.74 bits per heavy atom. The van der Waals surface area contributed by atoms with E-state index in [1.54, 1.807) is 54.9 Å². The Morgan fingerprint density at radius 3 is 2.40 bits per heavy atom. The molecule has 4 amide bonds. The summed E-state index contributed by atoms with van der Waals surface area (Å²) in [5, 5.41) is 8.52. The third kappa shape index (κ3) is 6.03. The van der Waals surface area contributed by atoms with Gasteiger partial charge in [0, 0.05) is 36.0 Å². The van der Waals surface area contributed by atoms with Crippen LogP contribution in [0.15, 0.2) is 54.9 Å². The quantitative estimate of drug-likeness (QED) is 0.453. The van der Waals surface area contributed by atoms with Crippen molar-refractivity contribution in [3.05, 3.63) is 64.6 Å². The van der Waals surface area contributed by atoms with E-state index in [1.165, 1.54) is 16.2 Å². The van der Waals surface area contributed by atoms with E-state index in [9.17, 15) is 14.4 Å². The number of carbonyl (C=O) groups excluding carboxylic acids is 3. The van der Waals surface area contributed by atoms with Crippen LogP contribution in [0, 0.1) is 0 Å². The van der Waals surface area contributed by atoms with E-state index >= 15 is 0 Å². The second kappa shape index (κ2) is 10.2. The molecule has 3 N–H and O–H groups in total. The highest BCUT2D eigenvalue weighted by Gasteiger charge is 2.31. The van der Waals surface area contributed by atoms with E-state index < -0.39 is 11.9 Å². The number of hydrogen-bond donors (Lipinski definition) is 3. The number of carbonyl (C=O) groups is 3. The molecule has 2 aromatic heterocycles. The van der Waals surface area contributed by atoms with Crippen molar-refractivity contribution in [2.24, 2.45) is 0 Å². The molecular weight excluding hydrogens is 466 g/mol. The number of piperazine rings is 1. The summed E-state index contributed by atoms with van der Waals surface area (Å²) in [6, 6.07) is 11.7. The minimum Gasteiger partial charge on any atom is -0.457 e. The van der Waals surface area contributed by atoms with Crippen LogP contribution in [0.3, 0.4) is 0 Å². The zero-order valence-corrected chi connectivity index (χ0v) is 20.6.